The average molecular weight is 249 g/mol. The number of halogens is 3. The van der Waals surface area contributed by atoms with E-state index < -0.39 is 17.4 Å². The molecule has 0 fully saturated rings. The molecule has 1 aliphatic rings. The van der Waals surface area contributed by atoms with Crippen LogP contribution in [0.25, 0.3) is 0 Å². The molecule has 1 amide bonds. The van der Waals surface area contributed by atoms with Crippen molar-refractivity contribution >= 4 is 11.7 Å². The summed E-state index contributed by atoms with van der Waals surface area (Å²) in [6, 6.07) is 0. The molecule has 17 heavy (non-hydrogen) atoms. The van der Waals surface area contributed by atoms with E-state index in [1.54, 1.807) is 13.8 Å². The zero-order chi connectivity index (χ0) is 13.4. The maximum atomic E-state index is 12.4. The molecule has 0 atom stereocenters. The Labute approximate surface area is 97.3 Å². The summed E-state index contributed by atoms with van der Waals surface area (Å²) in [6.07, 6.45) is -3.54. The number of ketones is 1. The third-order valence-electron chi connectivity index (χ3n) is 2.90. The number of rotatable bonds is 1. The lowest BCUT2D eigenvalue weighted by Crippen LogP contribution is -2.40. The van der Waals surface area contributed by atoms with Crippen LogP contribution < -0.4 is 0 Å². The summed E-state index contributed by atoms with van der Waals surface area (Å²) < 4.78 is 37.2. The first-order valence-electron chi connectivity index (χ1n) is 5.17. The predicted molar refractivity (Wildman–Crippen MR) is 54.9 cm³/mol. The molecule has 6 heteroatoms. The Balaban J connectivity index is 3.15. The molecule has 0 saturated heterocycles. The minimum absolute atomic E-state index is 0.330. The smallest absolute Gasteiger partial charge is 0.319 e. The molecular formula is C11H14F3NO2. The molecule has 1 rings (SSSR count). The van der Waals surface area contributed by atoms with Gasteiger partial charge in [-0.15, -0.1) is 0 Å². The first-order valence-corrected chi connectivity index (χ1v) is 5.17. The summed E-state index contributed by atoms with van der Waals surface area (Å²) in [5.41, 5.74) is -1.22. The molecule has 0 saturated carbocycles. The lowest BCUT2D eigenvalue weighted by molar-refractivity contribution is -0.168. The number of allylic oxidation sites excluding steroid dienone is 1. The molecule has 0 N–H and O–H groups in total. The number of hydrogen-bond acceptors (Lipinski definition) is 2. The first kappa shape index (κ1) is 13.7. The summed E-state index contributed by atoms with van der Waals surface area (Å²) in [7, 11) is 0. The van der Waals surface area contributed by atoms with Crippen LogP contribution in [0.15, 0.2) is 11.8 Å². The molecule has 0 radical (unpaired) electrons. The van der Waals surface area contributed by atoms with Crippen LogP contribution in [0, 0.1) is 5.41 Å². The second-order valence-corrected chi connectivity index (χ2v) is 4.72. The van der Waals surface area contributed by atoms with E-state index in [2.05, 4.69) is 0 Å². The summed E-state index contributed by atoms with van der Waals surface area (Å²) in [4.78, 5) is 23.5. The Kier molecular flexibility index (Phi) is 3.36. The Morgan fingerprint density at radius 3 is 2.29 bits per heavy atom. The van der Waals surface area contributed by atoms with Gasteiger partial charge >= 0.3 is 6.18 Å². The molecule has 0 aromatic heterocycles. The van der Waals surface area contributed by atoms with E-state index in [0.29, 0.717) is 13.0 Å². The number of amides is 1. The Bertz CT molecular complexity index is 383. The minimum atomic E-state index is -4.90. The molecule has 0 aromatic carbocycles. The zero-order valence-electron chi connectivity index (χ0n) is 9.89. The monoisotopic (exact) mass is 249 g/mol. The zero-order valence-corrected chi connectivity index (χ0v) is 9.89. The van der Waals surface area contributed by atoms with Gasteiger partial charge in [0, 0.05) is 25.2 Å². The topological polar surface area (TPSA) is 37.4 Å². The molecule has 0 bridgehead atoms. The number of carbonyl (C=O) groups excluding carboxylic acids is 2. The predicted octanol–water partition coefficient (Wildman–Crippen LogP) is 2.28. The normalized spacial score (nSPS) is 19.9. The third kappa shape index (κ3) is 2.87. The molecule has 0 aromatic rings. The molecule has 96 valence electrons. The number of nitrogens with zero attached hydrogens (tertiary/aromatic N) is 1. The summed E-state index contributed by atoms with van der Waals surface area (Å²) in [5, 5.41) is 0. The van der Waals surface area contributed by atoms with Crippen molar-refractivity contribution < 1.29 is 22.8 Å². The van der Waals surface area contributed by atoms with Crippen molar-refractivity contribution in [3.63, 3.8) is 0 Å². The molecule has 0 spiro atoms. The van der Waals surface area contributed by atoms with Crippen LogP contribution in [0.2, 0.25) is 0 Å². The van der Waals surface area contributed by atoms with Gasteiger partial charge in [0.1, 0.15) is 0 Å². The van der Waals surface area contributed by atoms with E-state index in [4.69, 9.17) is 0 Å². The van der Waals surface area contributed by atoms with E-state index in [1.165, 1.54) is 6.92 Å². The second-order valence-electron chi connectivity index (χ2n) is 4.72. The highest BCUT2D eigenvalue weighted by atomic mass is 19.4. The van der Waals surface area contributed by atoms with Gasteiger partial charge in [-0.3, -0.25) is 9.59 Å². The van der Waals surface area contributed by atoms with Crippen molar-refractivity contribution in [2.24, 2.45) is 5.41 Å². The molecule has 0 unspecified atom stereocenters. The standard InChI is InChI=1S/C11H14F3NO2/c1-7(16)15-5-4-10(2,3)8(6-15)9(17)11(12,13)14/h6H,4-5H2,1-3H3. The highest BCUT2D eigenvalue weighted by Crippen LogP contribution is 2.38. The van der Waals surface area contributed by atoms with Gasteiger partial charge < -0.3 is 4.90 Å². The van der Waals surface area contributed by atoms with Crippen molar-refractivity contribution in [2.75, 3.05) is 6.54 Å². The van der Waals surface area contributed by atoms with E-state index in [0.717, 1.165) is 11.1 Å². The molecule has 0 aliphatic carbocycles. The largest absolute Gasteiger partial charge is 0.454 e. The highest BCUT2D eigenvalue weighted by Gasteiger charge is 2.46. The van der Waals surface area contributed by atoms with Crippen LogP contribution >= 0.6 is 0 Å². The summed E-state index contributed by atoms with van der Waals surface area (Å²) in [6.45, 7) is 4.72. The van der Waals surface area contributed by atoms with Crippen LogP contribution in [0.1, 0.15) is 27.2 Å². The van der Waals surface area contributed by atoms with Crippen LogP contribution in [0.5, 0.6) is 0 Å². The fourth-order valence-corrected chi connectivity index (χ4v) is 1.70. The lowest BCUT2D eigenvalue weighted by Gasteiger charge is -2.35. The van der Waals surface area contributed by atoms with Crippen molar-refractivity contribution in [2.45, 2.75) is 33.4 Å². The maximum absolute atomic E-state index is 12.4. The van der Waals surface area contributed by atoms with Crippen LogP contribution in [0.3, 0.4) is 0 Å². The SMILES string of the molecule is CC(=O)N1C=C(C(=O)C(F)(F)F)C(C)(C)CC1. The van der Waals surface area contributed by atoms with E-state index in [1.807, 2.05) is 0 Å². The molecule has 1 heterocycles. The Morgan fingerprint density at radius 1 is 1.35 bits per heavy atom. The van der Waals surface area contributed by atoms with Gasteiger partial charge in [0.2, 0.25) is 5.91 Å². The molecular weight excluding hydrogens is 235 g/mol. The lowest BCUT2D eigenvalue weighted by atomic mass is 9.77. The van der Waals surface area contributed by atoms with Gasteiger partial charge in [-0.1, -0.05) is 13.8 Å². The minimum Gasteiger partial charge on any atom is -0.319 e. The van der Waals surface area contributed by atoms with E-state index >= 15 is 0 Å². The van der Waals surface area contributed by atoms with Gasteiger partial charge in [0.15, 0.2) is 0 Å². The third-order valence-corrected chi connectivity index (χ3v) is 2.90. The number of hydrogen-bond donors (Lipinski definition) is 0. The van der Waals surface area contributed by atoms with Crippen LogP contribution in [-0.4, -0.2) is 29.3 Å². The van der Waals surface area contributed by atoms with Gasteiger partial charge in [-0.05, 0) is 11.8 Å². The van der Waals surface area contributed by atoms with Gasteiger partial charge in [-0.2, -0.15) is 13.2 Å². The first-order chi connectivity index (χ1) is 7.55. The van der Waals surface area contributed by atoms with Gasteiger partial charge in [0.25, 0.3) is 5.78 Å². The van der Waals surface area contributed by atoms with Crippen molar-refractivity contribution in [1.29, 1.82) is 0 Å². The number of Topliss-reactive ketones (excluding diaryl/α,β-unsaturated/α-hetero) is 1. The van der Waals surface area contributed by atoms with Crippen LogP contribution in [0.4, 0.5) is 13.2 Å². The van der Waals surface area contributed by atoms with Gasteiger partial charge in [-0.25, -0.2) is 0 Å². The maximum Gasteiger partial charge on any atom is 0.454 e. The van der Waals surface area contributed by atoms with Crippen molar-refractivity contribution in [1.82, 2.24) is 4.90 Å². The van der Waals surface area contributed by atoms with E-state index in [-0.39, 0.29) is 11.5 Å². The van der Waals surface area contributed by atoms with E-state index in [9.17, 15) is 22.8 Å². The Hall–Kier alpha value is -1.33. The molecule has 1 aliphatic heterocycles. The fourth-order valence-electron chi connectivity index (χ4n) is 1.70. The Morgan fingerprint density at radius 2 is 1.88 bits per heavy atom. The highest BCUT2D eigenvalue weighted by molar-refractivity contribution is 6.01. The summed E-state index contributed by atoms with van der Waals surface area (Å²) >= 11 is 0. The number of alkyl halides is 3. The summed E-state index contributed by atoms with van der Waals surface area (Å²) in [5.74, 6) is -2.23. The molecule has 3 nitrogen and oxygen atoms in total. The van der Waals surface area contributed by atoms with Crippen molar-refractivity contribution in [3.8, 4) is 0 Å². The van der Waals surface area contributed by atoms with Crippen molar-refractivity contribution in [3.05, 3.63) is 11.8 Å². The second kappa shape index (κ2) is 4.16. The van der Waals surface area contributed by atoms with Gasteiger partial charge in [0.05, 0.1) is 0 Å². The quantitative estimate of drug-likeness (QED) is 0.715. The van der Waals surface area contributed by atoms with Crippen LogP contribution in [-0.2, 0) is 9.59 Å². The fraction of sp³-hybridized carbons (Fsp3) is 0.636. The average Bonchev–Trinajstić information content (AvgIpc) is 2.14. The number of carbonyl (C=O) groups is 2.